The van der Waals surface area contributed by atoms with Gasteiger partial charge in [0.25, 0.3) is 0 Å². The third-order valence-electron chi connectivity index (χ3n) is 3.22. The minimum Gasteiger partial charge on any atom is -0.382 e. The van der Waals surface area contributed by atoms with E-state index in [1.807, 2.05) is 36.5 Å². The highest BCUT2D eigenvalue weighted by Crippen LogP contribution is 2.26. The first-order chi connectivity index (χ1) is 10.2. The zero-order valence-corrected chi connectivity index (χ0v) is 12.0. The normalized spacial score (nSPS) is 12.3. The summed E-state index contributed by atoms with van der Waals surface area (Å²) in [5, 5.41) is 15.2. The van der Waals surface area contributed by atoms with Crippen LogP contribution in [0, 0.1) is 0 Å². The second-order valence-electron chi connectivity index (χ2n) is 4.72. The summed E-state index contributed by atoms with van der Waals surface area (Å²) in [6.07, 6.45) is 4.12. The van der Waals surface area contributed by atoms with E-state index in [-0.39, 0.29) is 0 Å². The van der Waals surface area contributed by atoms with Crippen molar-refractivity contribution in [3.8, 4) is 0 Å². The highest BCUT2D eigenvalue weighted by Gasteiger charge is 2.16. The van der Waals surface area contributed by atoms with Crippen molar-refractivity contribution in [3.05, 3.63) is 82.9 Å². The van der Waals surface area contributed by atoms with E-state index in [9.17, 15) is 5.11 Å². The highest BCUT2D eigenvalue weighted by molar-refractivity contribution is 6.31. The Hall–Kier alpha value is -2.17. The van der Waals surface area contributed by atoms with E-state index in [0.717, 1.165) is 5.56 Å². The molecule has 0 aliphatic carbocycles. The van der Waals surface area contributed by atoms with Gasteiger partial charge in [-0.2, -0.15) is 5.10 Å². The number of pyridine rings is 1. The number of aromatic nitrogens is 3. The van der Waals surface area contributed by atoms with Gasteiger partial charge in [-0.05, 0) is 17.7 Å². The van der Waals surface area contributed by atoms with Gasteiger partial charge >= 0.3 is 0 Å². The van der Waals surface area contributed by atoms with E-state index >= 15 is 0 Å². The maximum absolute atomic E-state index is 10.4. The van der Waals surface area contributed by atoms with E-state index in [1.165, 1.54) is 0 Å². The van der Waals surface area contributed by atoms with E-state index in [0.29, 0.717) is 22.8 Å². The minimum atomic E-state index is -0.872. The number of rotatable bonds is 4. The lowest BCUT2D eigenvalue weighted by molar-refractivity contribution is 0.214. The molecule has 0 saturated carbocycles. The molecule has 0 bridgehead atoms. The lowest BCUT2D eigenvalue weighted by atomic mass is 10.1. The third kappa shape index (κ3) is 3.12. The number of aliphatic hydroxyl groups excluding tert-OH is 1. The van der Waals surface area contributed by atoms with Gasteiger partial charge in [0.1, 0.15) is 6.10 Å². The zero-order valence-electron chi connectivity index (χ0n) is 11.2. The van der Waals surface area contributed by atoms with Crippen molar-refractivity contribution in [2.75, 3.05) is 0 Å². The second-order valence-corrected chi connectivity index (χ2v) is 5.13. The smallest absolute Gasteiger partial charge is 0.126 e. The molecule has 0 radical (unpaired) electrons. The Morgan fingerprint density at radius 1 is 1.14 bits per heavy atom. The van der Waals surface area contributed by atoms with Gasteiger partial charge in [0, 0.05) is 29.2 Å². The van der Waals surface area contributed by atoms with E-state index in [4.69, 9.17) is 11.6 Å². The summed E-state index contributed by atoms with van der Waals surface area (Å²) < 4.78 is 1.79. The molecule has 1 unspecified atom stereocenters. The Labute approximate surface area is 127 Å². The highest BCUT2D eigenvalue weighted by atomic mass is 35.5. The summed E-state index contributed by atoms with van der Waals surface area (Å²) in [5.41, 5.74) is 2.27. The van der Waals surface area contributed by atoms with Crippen LogP contribution in [-0.2, 0) is 6.54 Å². The van der Waals surface area contributed by atoms with E-state index in [2.05, 4.69) is 10.1 Å². The van der Waals surface area contributed by atoms with Gasteiger partial charge in [0.2, 0.25) is 0 Å². The predicted molar refractivity (Wildman–Crippen MR) is 81.1 cm³/mol. The average molecular weight is 300 g/mol. The van der Waals surface area contributed by atoms with Crippen molar-refractivity contribution < 1.29 is 5.11 Å². The fourth-order valence-corrected chi connectivity index (χ4v) is 2.34. The van der Waals surface area contributed by atoms with Crippen molar-refractivity contribution in [2.24, 2.45) is 0 Å². The molecule has 5 heteroatoms. The van der Waals surface area contributed by atoms with Crippen molar-refractivity contribution >= 4 is 11.6 Å². The lowest BCUT2D eigenvalue weighted by Crippen LogP contribution is -2.05. The number of aliphatic hydroxyl groups is 1. The molecule has 0 amide bonds. The molecule has 3 aromatic rings. The predicted octanol–water partition coefficient (Wildman–Crippen LogP) is 3.06. The molecule has 0 spiro atoms. The molecular weight excluding hydrogens is 286 g/mol. The number of nitrogens with zero attached hydrogens (tertiary/aromatic N) is 3. The molecule has 0 aliphatic heterocycles. The first kappa shape index (κ1) is 13.8. The maximum Gasteiger partial charge on any atom is 0.126 e. The molecule has 0 fully saturated rings. The van der Waals surface area contributed by atoms with E-state index < -0.39 is 6.10 Å². The molecule has 0 saturated heterocycles. The Bertz CT molecular complexity index is 727. The van der Waals surface area contributed by atoms with Crippen molar-refractivity contribution in [3.63, 3.8) is 0 Å². The molecular formula is C16H14ClN3O. The minimum absolute atomic E-state index is 0.482. The van der Waals surface area contributed by atoms with Crippen LogP contribution in [-0.4, -0.2) is 19.9 Å². The van der Waals surface area contributed by atoms with E-state index in [1.54, 1.807) is 29.2 Å². The summed E-state index contributed by atoms with van der Waals surface area (Å²) in [6.45, 7) is 0.661. The van der Waals surface area contributed by atoms with Crippen molar-refractivity contribution in [1.29, 1.82) is 0 Å². The number of hydrogen-bond acceptors (Lipinski definition) is 3. The van der Waals surface area contributed by atoms with Gasteiger partial charge in [0.15, 0.2) is 0 Å². The topological polar surface area (TPSA) is 50.9 Å². The molecule has 106 valence electrons. The summed E-state index contributed by atoms with van der Waals surface area (Å²) in [7, 11) is 0. The Kier molecular flexibility index (Phi) is 3.99. The van der Waals surface area contributed by atoms with Crippen LogP contribution in [0.25, 0.3) is 0 Å². The van der Waals surface area contributed by atoms with Crippen molar-refractivity contribution in [2.45, 2.75) is 12.6 Å². The van der Waals surface area contributed by atoms with Crippen LogP contribution in [0.3, 0.4) is 0 Å². The van der Waals surface area contributed by atoms with Gasteiger partial charge < -0.3 is 5.11 Å². The van der Waals surface area contributed by atoms with Crippen LogP contribution in [0.15, 0.2) is 61.1 Å². The monoisotopic (exact) mass is 299 g/mol. The molecule has 2 aromatic heterocycles. The fourth-order valence-electron chi connectivity index (χ4n) is 2.13. The molecule has 3 rings (SSSR count). The van der Waals surface area contributed by atoms with Gasteiger partial charge in [-0.3, -0.25) is 9.67 Å². The fraction of sp³-hybridized carbons (Fsp3) is 0.125. The van der Waals surface area contributed by atoms with Crippen LogP contribution in [0.1, 0.15) is 22.9 Å². The SMILES string of the molecule is OC(c1ccn(Cc2ccccc2)n1)c1cnccc1Cl. The first-order valence-corrected chi connectivity index (χ1v) is 6.96. The quantitative estimate of drug-likeness (QED) is 0.805. The summed E-state index contributed by atoms with van der Waals surface area (Å²) in [6, 6.07) is 13.5. The lowest BCUT2D eigenvalue weighted by Gasteiger charge is -2.09. The van der Waals surface area contributed by atoms with Crippen LogP contribution < -0.4 is 0 Å². The van der Waals surface area contributed by atoms with Gasteiger partial charge in [-0.15, -0.1) is 0 Å². The standard InChI is InChI=1S/C16H14ClN3O/c17-14-6-8-18-10-13(14)16(21)15-7-9-20(19-15)11-12-4-2-1-3-5-12/h1-10,16,21H,11H2. The molecule has 2 heterocycles. The molecule has 21 heavy (non-hydrogen) atoms. The molecule has 1 atom stereocenters. The Balaban J connectivity index is 1.80. The van der Waals surface area contributed by atoms with Crippen LogP contribution >= 0.6 is 11.6 Å². The van der Waals surface area contributed by atoms with Crippen LogP contribution in [0.2, 0.25) is 5.02 Å². The Morgan fingerprint density at radius 3 is 2.71 bits per heavy atom. The van der Waals surface area contributed by atoms with Gasteiger partial charge in [0.05, 0.1) is 12.2 Å². The summed E-state index contributed by atoms with van der Waals surface area (Å²) in [5.74, 6) is 0. The van der Waals surface area contributed by atoms with Gasteiger partial charge in [-0.1, -0.05) is 41.9 Å². The van der Waals surface area contributed by atoms with Gasteiger partial charge in [-0.25, -0.2) is 0 Å². The molecule has 1 N–H and O–H groups in total. The van der Waals surface area contributed by atoms with Crippen LogP contribution in [0.4, 0.5) is 0 Å². The maximum atomic E-state index is 10.4. The third-order valence-corrected chi connectivity index (χ3v) is 3.56. The molecule has 4 nitrogen and oxygen atoms in total. The second kappa shape index (κ2) is 6.08. The number of benzene rings is 1. The molecule has 0 aliphatic rings. The molecule has 1 aromatic carbocycles. The van der Waals surface area contributed by atoms with Crippen molar-refractivity contribution in [1.82, 2.24) is 14.8 Å². The summed E-state index contributed by atoms with van der Waals surface area (Å²) in [4.78, 5) is 3.99. The average Bonchev–Trinajstić information content (AvgIpc) is 2.97. The van der Waals surface area contributed by atoms with Crippen LogP contribution in [0.5, 0.6) is 0 Å². The zero-order chi connectivity index (χ0) is 14.7. The largest absolute Gasteiger partial charge is 0.382 e. The Morgan fingerprint density at radius 2 is 1.95 bits per heavy atom. The summed E-state index contributed by atoms with van der Waals surface area (Å²) >= 11 is 6.07. The number of halogens is 1. The first-order valence-electron chi connectivity index (χ1n) is 6.59. The number of hydrogen-bond donors (Lipinski definition) is 1.